The van der Waals surface area contributed by atoms with E-state index in [9.17, 15) is 0 Å². The molecule has 1 rings (SSSR count). The van der Waals surface area contributed by atoms with Crippen LogP contribution in [0.25, 0.3) is 0 Å². The molecule has 3 heteroatoms. The lowest BCUT2D eigenvalue weighted by atomic mass is 10.1. The molecule has 15 heavy (non-hydrogen) atoms. The maximum Gasteiger partial charge on any atom is 0.0805 e. The normalized spacial score (nSPS) is 19.9. The molecule has 0 aromatic heterocycles. The van der Waals surface area contributed by atoms with Crippen molar-refractivity contribution >= 4 is 0 Å². The minimum Gasteiger partial charge on any atom is -0.394 e. The monoisotopic (exact) mass is 214 g/mol. The summed E-state index contributed by atoms with van der Waals surface area (Å²) in [5, 5.41) is 8.57. The van der Waals surface area contributed by atoms with Crippen LogP contribution in [0.2, 0.25) is 0 Å². The molecule has 1 unspecified atom stereocenters. The van der Waals surface area contributed by atoms with Gasteiger partial charge in [0.05, 0.1) is 25.9 Å². The Morgan fingerprint density at radius 2 is 1.93 bits per heavy atom. The topological polar surface area (TPSA) is 38.7 Å². The van der Waals surface area contributed by atoms with Crippen LogP contribution in [-0.2, 0) is 9.47 Å². The summed E-state index contributed by atoms with van der Waals surface area (Å²) in [7, 11) is 0. The van der Waals surface area contributed by atoms with Gasteiger partial charge < -0.3 is 14.6 Å². The Morgan fingerprint density at radius 3 is 2.27 bits per heavy atom. The first-order chi connectivity index (χ1) is 7.35. The average Bonchev–Trinajstić information content (AvgIpc) is 2.32. The highest BCUT2D eigenvalue weighted by Gasteiger charge is 2.10. The minimum absolute atomic E-state index is 0.142. The van der Waals surface area contributed by atoms with Gasteiger partial charge in [-0.15, -0.1) is 13.2 Å². The van der Waals surface area contributed by atoms with E-state index in [1.165, 1.54) is 6.42 Å². The van der Waals surface area contributed by atoms with Crippen molar-refractivity contribution in [2.75, 3.05) is 26.4 Å². The van der Waals surface area contributed by atoms with Crippen LogP contribution in [0.5, 0.6) is 0 Å². The van der Waals surface area contributed by atoms with Gasteiger partial charge in [-0.2, -0.15) is 0 Å². The van der Waals surface area contributed by atoms with Gasteiger partial charge in [0.25, 0.3) is 0 Å². The highest BCUT2D eigenvalue weighted by Crippen LogP contribution is 2.10. The van der Waals surface area contributed by atoms with E-state index in [4.69, 9.17) is 14.6 Å². The van der Waals surface area contributed by atoms with Crippen molar-refractivity contribution in [3.05, 3.63) is 25.3 Å². The number of hydrogen-bond acceptors (Lipinski definition) is 3. The van der Waals surface area contributed by atoms with Gasteiger partial charge in [0, 0.05) is 6.61 Å². The van der Waals surface area contributed by atoms with Crippen molar-refractivity contribution in [3.63, 3.8) is 0 Å². The van der Waals surface area contributed by atoms with Crippen LogP contribution in [0.3, 0.4) is 0 Å². The Kier molecular flexibility index (Phi) is 10.9. The lowest BCUT2D eigenvalue weighted by Crippen LogP contribution is -2.22. The zero-order valence-electron chi connectivity index (χ0n) is 9.36. The maximum absolute atomic E-state index is 8.57. The summed E-state index contributed by atoms with van der Waals surface area (Å²) < 4.78 is 10.1. The van der Waals surface area contributed by atoms with Crippen LogP contribution in [0, 0.1) is 0 Å². The predicted molar refractivity (Wildman–Crippen MR) is 61.9 cm³/mol. The summed E-state index contributed by atoms with van der Waals surface area (Å²) in [6, 6.07) is 0. The summed E-state index contributed by atoms with van der Waals surface area (Å²) in [6.45, 7) is 9.21. The second-order valence-electron chi connectivity index (χ2n) is 3.29. The summed E-state index contributed by atoms with van der Waals surface area (Å²) in [4.78, 5) is 0. The third-order valence-corrected chi connectivity index (χ3v) is 1.95. The molecule has 0 bridgehead atoms. The van der Waals surface area contributed by atoms with Gasteiger partial charge in [0.15, 0.2) is 0 Å². The lowest BCUT2D eigenvalue weighted by molar-refractivity contribution is -0.0172. The molecule has 1 N–H and O–H groups in total. The van der Waals surface area contributed by atoms with E-state index in [2.05, 4.69) is 13.2 Å². The maximum atomic E-state index is 8.57. The number of rotatable bonds is 5. The molecule has 0 radical (unpaired) electrons. The molecule has 0 spiro atoms. The van der Waals surface area contributed by atoms with Crippen LogP contribution in [0.1, 0.15) is 19.3 Å². The predicted octanol–water partition coefficient (Wildman–Crippen LogP) is 1.92. The molecule has 1 fully saturated rings. The Labute approximate surface area is 92.4 Å². The molecule has 0 aromatic carbocycles. The number of ether oxygens (including phenoxy) is 2. The quantitative estimate of drug-likeness (QED) is 0.561. The van der Waals surface area contributed by atoms with Gasteiger partial charge in [0.2, 0.25) is 0 Å². The van der Waals surface area contributed by atoms with Crippen molar-refractivity contribution in [1.82, 2.24) is 0 Å². The van der Waals surface area contributed by atoms with E-state index in [0.717, 1.165) is 19.4 Å². The highest BCUT2D eigenvalue weighted by molar-refractivity contribution is 4.68. The van der Waals surface area contributed by atoms with Gasteiger partial charge in [-0.05, 0) is 19.3 Å². The second-order valence-corrected chi connectivity index (χ2v) is 3.29. The minimum atomic E-state index is 0.142. The fourth-order valence-corrected chi connectivity index (χ4v) is 1.19. The second kappa shape index (κ2) is 11.4. The number of aliphatic hydroxyl groups excluding tert-OH is 1. The van der Waals surface area contributed by atoms with Gasteiger partial charge in [-0.3, -0.25) is 0 Å². The Hall–Kier alpha value is -0.640. The van der Waals surface area contributed by atoms with Gasteiger partial charge in [0.1, 0.15) is 0 Å². The van der Waals surface area contributed by atoms with E-state index < -0.39 is 0 Å². The molecule has 0 amide bonds. The molecular weight excluding hydrogens is 192 g/mol. The van der Waals surface area contributed by atoms with Crippen LogP contribution < -0.4 is 0 Å². The lowest BCUT2D eigenvalue weighted by Gasteiger charge is -2.19. The third-order valence-electron chi connectivity index (χ3n) is 1.95. The zero-order valence-corrected chi connectivity index (χ0v) is 9.36. The first kappa shape index (κ1) is 14.4. The molecular formula is C12H22O3. The van der Waals surface area contributed by atoms with E-state index >= 15 is 0 Å². The van der Waals surface area contributed by atoms with Gasteiger partial charge >= 0.3 is 0 Å². The molecule has 88 valence electrons. The molecule has 1 atom stereocenters. The zero-order chi connectivity index (χ0) is 11.4. The first-order valence-corrected chi connectivity index (χ1v) is 5.37. The highest BCUT2D eigenvalue weighted by atomic mass is 16.5. The third kappa shape index (κ3) is 9.66. The van der Waals surface area contributed by atoms with Crippen LogP contribution in [-0.4, -0.2) is 37.6 Å². The van der Waals surface area contributed by atoms with E-state index in [1.807, 2.05) is 0 Å². The standard InChI is InChI=1S/C6H12O2.C6H10O/c7-5-6-3-1-2-4-8-6;1-3-5-7-6-4-2/h6-7H,1-5H2;3-4H,1-2,5-6H2. The van der Waals surface area contributed by atoms with Crippen LogP contribution in [0.15, 0.2) is 25.3 Å². The fourth-order valence-electron chi connectivity index (χ4n) is 1.19. The fraction of sp³-hybridized carbons (Fsp3) is 0.667. The van der Waals surface area contributed by atoms with E-state index in [1.54, 1.807) is 12.2 Å². The van der Waals surface area contributed by atoms with E-state index in [0.29, 0.717) is 13.2 Å². The van der Waals surface area contributed by atoms with Crippen molar-refractivity contribution in [2.45, 2.75) is 25.4 Å². The molecule has 1 aliphatic heterocycles. The van der Waals surface area contributed by atoms with Gasteiger partial charge in [-0.1, -0.05) is 12.2 Å². The van der Waals surface area contributed by atoms with Crippen molar-refractivity contribution < 1.29 is 14.6 Å². The van der Waals surface area contributed by atoms with Crippen molar-refractivity contribution in [1.29, 1.82) is 0 Å². The Morgan fingerprint density at radius 1 is 1.27 bits per heavy atom. The molecule has 1 aliphatic rings. The molecule has 1 heterocycles. The summed E-state index contributed by atoms with van der Waals surface area (Å²) in [5.41, 5.74) is 0. The molecule has 3 nitrogen and oxygen atoms in total. The Balaban J connectivity index is 0.000000265. The SMILES string of the molecule is C=CCOCC=C.OCC1CCCCO1. The summed E-state index contributed by atoms with van der Waals surface area (Å²) in [6.07, 6.45) is 6.98. The van der Waals surface area contributed by atoms with Crippen LogP contribution in [0.4, 0.5) is 0 Å². The molecule has 1 saturated heterocycles. The van der Waals surface area contributed by atoms with Crippen molar-refractivity contribution in [2.24, 2.45) is 0 Å². The number of hydrogen-bond donors (Lipinski definition) is 1. The van der Waals surface area contributed by atoms with Gasteiger partial charge in [-0.25, -0.2) is 0 Å². The summed E-state index contributed by atoms with van der Waals surface area (Å²) in [5.74, 6) is 0. The largest absolute Gasteiger partial charge is 0.394 e. The smallest absolute Gasteiger partial charge is 0.0805 e. The summed E-state index contributed by atoms with van der Waals surface area (Å²) >= 11 is 0. The number of aliphatic hydroxyl groups is 1. The first-order valence-electron chi connectivity index (χ1n) is 5.37. The molecule has 0 aromatic rings. The van der Waals surface area contributed by atoms with Crippen LogP contribution >= 0.6 is 0 Å². The average molecular weight is 214 g/mol. The Bertz CT molecular complexity index is 143. The van der Waals surface area contributed by atoms with Crippen molar-refractivity contribution in [3.8, 4) is 0 Å². The molecule has 0 saturated carbocycles. The van der Waals surface area contributed by atoms with E-state index in [-0.39, 0.29) is 12.7 Å². The molecule has 0 aliphatic carbocycles.